The minimum Gasteiger partial charge on any atom is -0.393 e. The van der Waals surface area contributed by atoms with Gasteiger partial charge in [0.1, 0.15) is 5.82 Å². The van der Waals surface area contributed by atoms with Gasteiger partial charge in [0.25, 0.3) is 5.56 Å². The van der Waals surface area contributed by atoms with Crippen LogP contribution >= 0.6 is 0 Å². The third-order valence-corrected chi connectivity index (χ3v) is 4.64. The summed E-state index contributed by atoms with van der Waals surface area (Å²) < 4.78 is 15.6. The largest absolute Gasteiger partial charge is 0.393 e. The van der Waals surface area contributed by atoms with Crippen LogP contribution in [0.3, 0.4) is 0 Å². The molecular formula is C18H20FN3O3. The lowest BCUT2D eigenvalue weighted by Gasteiger charge is -2.13. The van der Waals surface area contributed by atoms with Crippen LogP contribution < -0.4 is 16.6 Å². The zero-order valence-corrected chi connectivity index (χ0v) is 13.6. The Morgan fingerprint density at radius 2 is 2.12 bits per heavy atom. The Morgan fingerprint density at radius 3 is 2.76 bits per heavy atom. The molecule has 1 saturated carbocycles. The summed E-state index contributed by atoms with van der Waals surface area (Å²) in [4.78, 5) is 24.1. The molecule has 3 rings (SSSR count). The second-order valence-electron chi connectivity index (χ2n) is 6.29. The number of carbonyl (C=O) groups excluding carboxylic acids is 1. The molecule has 1 aromatic heterocycles. The molecule has 132 valence electrons. The number of anilines is 1. The highest BCUT2D eigenvalue weighted by atomic mass is 19.1. The number of halogens is 1. The highest BCUT2D eigenvalue weighted by molar-refractivity contribution is 5.93. The van der Waals surface area contributed by atoms with Crippen LogP contribution in [-0.4, -0.2) is 28.2 Å². The maximum absolute atomic E-state index is 14.3. The van der Waals surface area contributed by atoms with E-state index >= 15 is 0 Å². The first kappa shape index (κ1) is 17.3. The van der Waals surface area contributed by atoms with Crippen molar-refractivity contribution in [3.8, 4) is 5.69 Å². The molecule has 0 bridgehead atoms. The van der Waals surface area contributed by atoms with Crippen molar-refractivity contribution in [3.05, 3.63) is 58.8 Å². The smallest absolute Gasteiger partial charge is 0.255 e. The Labute approximate surface area is 144 Å². The number of nitrogens with two attached hydrogens (primary N) is 1. The topological polar surface area (TPSA) is 97.4 Å². The summed E-state index contributed by atoms with van der Waals surface area (Å²) in [6, 6.07) is 8.85. The maximum Gasteiger partial charge on any atom is 0.255 e. The molecule has 0 saturated heterocycles. The van der Waals surface area contributed by atoms with Gasteiger partial charge in [-0.3, -0.25) is 14.2 Å². The van der Waals surface area contributed by atoms with Gasteiger partial charge in [0, 0.05) is 24.2 Å². The number of aliphatic hydroxyl groups is 1. The lowest BCUT2D eigenvalue weighted by Crippen LogP contribution is -2.22. The Kier molecular flexibility index (Phi) is 4.96. The first-order chi connectivity index (χ1) is 12.0. The van der Waals surface area contributed by atoms with E-state index in [2.05, 4.69) is 5.32 Å². The van der Waals surface area contributed by atoms with Gasteiger partial charge in [-0.15, -0.1) is 0 Å². The van der Waals surface area contributed by atoms with E-state index in [0.717, 1.165) is 0 Å². The molecule has 1 heterocycles. The predicted octanol–water partition coefficient (Wildman–Crippen LogP) is 1.26. The summed E-state index contributed by atoms with van der Waals surface area (Å²) in [5.74, 6) is -1.46. The number of rotatable bonds is 4. The zero-order valence-electron chi connectivity index (χ0n) is 13.6. The SMILES string of the molecule is NC[C@H]1C[C@H](C(=O)Nc2ccc(-n3ccccc3=O)cc2F)C[C@@H]1O. The minimum atomic E-state index is -0.629. The van der Waals surface area contributed by atoms with Crippen molar-refractivity contribution >= 4 is 11.6 Å². The molecule has 1 aliphatic rings. The molecule has 0 unspecified atom stereocenters. The van der Waals surface area contributed by atoms with Gasteiger partial charge in [0.15, 0.2) is 0 Å². The van der Waals surface area contributed by atoms with Crippen LogP contribution in [0.4, 0.5) is 10.1 Å². The van der Waals surface area contributed by atoms with Crippen LogP contribution in [0.2, 0.25) is 0 Å². The monoisotopic (exact) mass is 345 g/mol. The number of hydrogen-bond acceptors (Lipinski definition) is 4. The van der Waals surface area contributed by atoms with Crippen LogP contribution in [-0.2, 0) is 4.79 Å². The van der Waals surface area contributed by atoms with E-state index in [0.29, 0.717) is 25.1 Å². The minimum absolute atomic E-state index is 0.0448. The van der Waals surface area contributed by atoms with Crippen molar-refractivity contribution in [1.82, 2.24) is 4.57 Å². The Bertz CT molecular complexity index is 836. The second-order valence-corrected chi connectivity index (χ2v) is 6.29. The molecule has 25 heavy (non-hydrogen) atoms. The summed E-state index contributed by atoms with van der Waals surface area (Å²) >= 11 is 0. The Balaban J connectivity index is 1.75. The zero-order chi connectivity index (χ0) is 18.0. The molecule has 1 amide bonds. The second kappa shape index (κ2) is 7.16. The van der Waals surface area contributed by atoms with Gasteiger partial charge < -0.3 is 16.2 Å². The van der Waals surface area contributed by atoms with Crippen LogP contribution in [0.15, 0.2) is 47.4 Å². The summed E-state index contributed by atoms with van der Waals surface area (Å²) in [6.07, 6.45) is 1.76. The molecule has 2 aromatic rings. The predicted molar refractivity (Wildman–Crippen MR) is 91.9 cm³/mol. The van der Waals surface area contributed by atoms with Gasteiger partial charge in [0.2, 0.25) is 5.91 Å². The standard InChI is InChI=1S/C18H20FN3O3/c19-14-9-13(22-6-2-1-3-17(22)24)4-5-15(14)21-18(25)11-7-12(10-20)16(23)8-11/h1-6,9,11-12,16,23H,7-8,10,20H2,(H,21,25)/t11-,12+,16-/m0/s1. The summed E-state index contributed by atoms with van der Waals surface area (Å²) in [6.45, 7) is 0.319. The molecule has 0 radical (unpaired) electrons. The molecular weight excluding hydrogens is 325 g/mol. The average molecular weight is 345 g/mol. The summed E-state index contributed by atoms with van der Waals surface area (Å²) in [7, 11) is 0. The normalized spacial score (nSPS) is 22.8. The van der Waals surface area contributed by atoms with Crippen molar-refractivity contribution in [2.45, 2.75) is 18.9 Å². The van der Waals surface area contributed by atoms with Crippen molar-refractivity contribution in [2.75, 3.05) is 11.9 Å². The van der Waals surface area contributed by atoms with Gasteiger partial charge in [-0.25, -0.2) is 4.39 Å². The summed E-state index contributed by atoms with van der Waals surface area (Å²) in [5, 5.41) is 12.4. The van der Waals surface area contributed by atoms with E-state index in [1.54, 1.807) is 24.4 Å². The Hall–Kier alpha value is -2.51. The third-order valence-electron chi connectivity index (χ3n) is 4.64. The van der Waals surface area contributed by atoms with Gasteiger partial charge in [-0.05, 0) is 43.5 Å². The molecule has 1 aliphatic carbocycles. The summed E-state index contributed by atoms with van der Waals surface area (Å²) in [5.41, 5.74) is 5.72. The molecule has 6 nitrogen and oxygen atoms in total. The molecule has 7 heteroatoms. The highest BCUT2D eigenvalue weighted by Crippen LogP contribution is 2.32. The number of aliphatic hydroxyl groups excluding tert-OH is 1. The molecule has 0 aliphatic heterocycles. The highest BCUT2D eigenvalue weighted by Gasteiger charge is 2.36. The van der Waals surface area contributed by atoms with E-state index < -0.39 is 11.9 Å². The lowest BCUT2D eigenvalue weighted by molar-refractivity contribution is -0.119. The van der Waals surface area contributed by atoms with Gasteiger partial charge in [-0.2, -0.15) is 0 Å². The first-order valence-electron chi connectivity index (χ1n) is 8.16. The van der Waals surface area contributed by atoms with Crippen molar-refractivity contribution in [1.29, 1.82) is 0 Å². The third kappa shape index (κ3) is 3.62. The Morgan fingerprint density at radius 1 is 1.32 bits per heavy atom. The fourth-order valence-corrected chi connectivity index (χ4v) is 3.20. The first-order valence-corrected chi connectivity index (χ1v) is 8.16. The number of benzene rings is 1. The number of aromatic nitrogens is 1. The quantitative estimate of drug-likeness (QED) is 0.777. The van der Waals surface area contributed by atoms with Crippen LogP contribution in [0.5, 0.6) is 0 Å². The van der Waals surface area contributed by atoms with Crippen molar-refractivity contribution in [2.24, 2.45) is 17.6 Å². The van der Waals surface area contributed by atoms with E-state index in [9.17, 15) is 19.1 Å². The lowest BCUT2D eigenvalue weighted by atomic mass is 10.0. The van der Waals surface area contributed by atoms with E-state index in [1.807, 2.05) is 0 Å². The number of carbonyl (C=O) groups is 1. The number of hydrogen-bond donors (Lipinski definition) is 3. The van der Waals surface area contributed by atoms with Gasteiger partial charge in [0.05, 0.1) is 17.5 Å². The van der Waals surface area contributed by atoms with E-state index in [4.69, 9.17) is 5.73 Å². The molecule has 4 N–H and O–H groups in total. The van der Waals surface area contributed by atoms with Crippen molar-refractivity contribution < 1.29 is 14.3 Å². The fraction of sp³-hybridized carbons (Fsp3) is 0.333. The van der Waals surface area contributed by atoms with Gasteiger partial charge in [-0.1, -0.05) is 6.07 Å². The average Bonchev–Trinajstić information content (AvgIpc) is 2.98. The van der Waals surface area contributed by atoms with Crippen LogP contribution in [0.1, 0.15) is 12.8 Å². The molecule has 3 atom stereocenters. The fourth-order valence-electron chi connectivity index (χ4n) is 3.20. The van der Waals surface area contributed by atoms with Crippen molar-refractivity contribution in [3.63, 3.8) is 0 Å². The van der Waals surface area contributed by atoms with Crippen LogP contribution in [0, 0.1) is 17.7 Å². The number of nitrogens with zero attached hydrogens (tertiary/aromatic N) is 1. The van der Waals surface area contributed by atoms with E-state index in [-0.39, 0.29) is 29.0 Å². The maximum atomic E-state index is 14.3. The molecule has 1 aromatic carbocycles. The molecule has 1 fully saturated rings. The number of nitrogens with one attached hydrogen (secondary N) is 1. The number of pyridine rings is 1. The van der Waals surface area contributed by atoms with E-state index in [1.165, 1.54) is 22.8 Å². The van der Waals surface area contributed by atoms with Crippen LogP contribution in [0.25, 0.3) is 5.69 Å². The number of amides is 1. The molecule has 0 spiro atoms. The van der Waals surface area contributed by atoms with Gasteiger partial charge >= 0.3 is 0 Å².